The molecule has 0 atom stereocenters. The van der Waals surface area contributed by atoms with Gasteiger partial charge in [0.25, 0.3) is 0 Å². The van der Waals surface area contributed by atoms with Gasteiger partial charge in [0.05, 0.1) is 6.26 Å². The molecule has 114 valence electrons. The molecule has 1 fully saturated rings. The second-order valence-electron chi connectivity index (χ2n) is 5.76. The van der Waals surface area contributed by atoms with Crippen LogP contribution in [-0.4, -0.2) is 13.1 Å². The molecule has 0 spiro atoms. The number of hydrogen-bond acceptors (Lipinski definition) is 2. The summed E-state index contributed by atoms with van der Waals surface area (Å²) >= 11 is 0. The maximum atomic E-state index is 5.91. The summed E-state index contributed by atoms with van der Waals surface area (Å²) in [7, 11) is 0. The molecular weight excluding hydrogens is 270 g/mol. The van der Waals surface area contributed by atoms with Crippen molar-refractivity contribution in [2.75, 3.05) is 13.1 Å². The van der Waals surface area contributed by atoms with E-state index in [4.69, 9.17) is 4.74 Å². The quantitative estimate of drug-likeness (QED) is 0.832. The zero-order valence-corrected chi connectivity index (χ0v) is 12.9. The van der Waals surface area contributed by atoms with Crippen LogP contribution in [0.1, 0.15) is 24.0 Å². The van der Waals surface area contributed by atoms with Gasteiger partial charge in [-0.3, -0.25) is 0 Å². The molecule has 22 heavy (non-hydrogen) atoms. The fourth-order valence-corrected chi connectivity index (χ4v) is 2.97. The third kappa shape index (κ3) is 3.99. The Morgan fingerprint density at radius 1 is 0.955 bits per heavy atom. The lowest BCUT2D eigenvalue weighted by Gasteiger charge is -2.25. The van der Waals surface area contributed by atoms with Crippen molar-refractivity contribution in [2.45, 2.75) is 19.4 Å². The Hall–Kier alpha value is -2.06. The van der Waals surface area contributed by atoms with Crippen molar-refractivity contribution in [3.8, 4) is 0 Å². The minimum absolute atomic E-state index is 0.583. The molecule has 1 heterocycles. The van der Waals surface area contributed by atoms with Crippen molar-refractivity contribution in [1.82, 2.24) is 5.32 Å². The molecule has 1 saturated heterocycles. The van der Waals surface area contributed by atoms with Gasteiger partial charge in [-0.15, -0.1) is 0 Å². The van der Waals surface area contributed by atoms with E-state index in [1.807, 2.05) is 24.5 Å². The molecule has 3 rings (SSSR count). The first-order valence-corrected chi connectivity index (χ1v) is 8.05. The Morgan fingerprint density at radius 2 is 1.59 bits per heavy atom. The maximum absolute atomic E-state index is 5.91. The van der Waals surface area contributed by atoms with Crippen molar-refractivity contribution >= 4 is 5.57 Å². The van der Waals surface area contributed by atoms with Crippen molar-refractivity contribution < 1.29 is 4.74 Å². The van der Waals surface area contributed by atoms with Crippen molar-refractivity contribution in [3.63, 3.8) is 0 Å². The van der Waals surface area contributed by atoms with E-state index in [0.29, 0.717) is 12.5 Å². The normalized spacial score (nSPS) is 16.5. The molecule has 2 heteroatoms. The van der Waals surface area contributed by atoms with Gasteiger partial charge in [-0.05, 0) is 48.5 Å². The number of nitrogens with one attached hydrogen (secondary N) is 1. The van der Waals surface area contributed by atoms with E-state index in [-0.39, 0.29) is 0 Å². The fraction of sp³-hybridized carbons (Fsp3) is 0.300. The van der Waals surface area contributed by atoms with Gasteiger partial charge < -0.3 is 10.1 Å². The first-order valence-electron chi connectivity index (χ1n) is 8.05. The molecule has 1 aliphatic heterocycles. The van der Waals surface area contributed by atoms with Crippen LogP contribution in [0.25, 0.3) is 5.57 Å². The van der Waals surface area contributed by atoms with Gasteiger partial charge in [0.15, 0.2) is 0 Å². The summed E-state index contributed by atoms with van der Waals surface area (Å²) in [5, 5.41) is 3.43. The first kappa shape index (κ1) is 14.9. The number of ether oxygens (including phenoxy) is 1. The summed E-state index contributed by atoms with van der Waals surface area (Å²) in [6.07, 6.45) is 4.34. The van der Waals surface area contributed by atoms with Crippen LogP contribution in [0.2, 0.25) is 0 Å². The Bertz CT molecular complexity index is 586. The van der Waals surface area contributed by atoms with E-state index in [1.165, 1.54) is 29.5 Å². The predicted octanol–water partition coefficient (Wildman–Crippen LogP) is 4.24. The van der Waals surface area contributed by atoms with Gasteiger partial charge in [-0.25, -0.2) is 0 Å². The van der Waals surface area contributed by atoms with Crippen LogP contribution < -0.4 is 5.32 Å². The highest BCUT2D eigenvalue weighted by atomic mass is 16.5. The van der Waals surface area contributed by atoms with E-state index in [9.17, 15) is 0 Å². The maximum Gasteiger partial charge on any atom is 0.112 e. The van der Waals surface area contributed by atoms with E-state index in [1.54, 1.807) is 0 Å². The highest BCUT2D eigenvalue weighted by Gasteiger charge is 2.19. The van der Waals surface area contributed by atoms with E-state index < -0.39 is 0 Å². The van der Waals surface area contributed by atoms with Crippen LogP contribution in [0.4, 0.5) is 0 Å². The molecule has 0 saturated carbocycles. The van der Waals surface area contributed by atoms with Gasteiger partial charge in [-0.2, -0.15) is 0 Å². The fourth-order valence-electron chi connectivity index (χ4n) is 2.97. The molecule has 0 aliphatic carbocycles. The minimum atomic E-state index is 0.583. The smallest absolute Gasteiger partial charge is 0.112 e. The topological polar surface area (TPSA) is 21.3 Å². The summed E-state index contributed by atoms with van der Waals surface area (Å²) in [6, 6.07) is 20.9. The highest BCUT2D eigenvalue weighted by Crippen LogP contribution is 2.30. The lowest BCUT2D eigenvalue weighted by atomic mass is 9.86. The van der Waals surface area contributed by atoms with Crippen LogP contribution in [0, 0.1) is 5.92 Å². The SMILES string of the molecule is C(/OCc1ccccc1)=C(/c1ccccc1)C1CCNCC1. The molecule has 2 aromatic carbocycles. The summed E-state index contributed by atoms with van der Waals surface area (Å²) in [5.74, 6) is 0.583. The second-order valence-corrected chi connectivity index (χ2v) is 5.76. The standard InChI is InChI=1S/C20H23NO/c1-3-7-17(8-4-1)15-22-16-20(18-9-5-2-6-10-18)19-11-13-21-14-12-19/h1-10,16,19,21H,11-15H2/b20-16+. The van der Waals surface area contributed by atoms with Crippen LogP contribution in [0.5, 0.6) is 0 Å². The molecule has 0 radical (unpaired) electrons. The lowest BCUT2D eigenvalue weighted by Crippen LogP contribution is -2.28. The van der Waals surface area contributed by atoms with Gasteiger partial charge in [0, 0.05) is 0 Å². The summed E-state index contributed by atoms with van der Waals surface area (Å²) in [4.78, 5) is 0. The minimum Gasteiger partial charge on any atom is -0.496 e. The van der Waals surface area contributed by atoms with E-state index in [0.717, 1.165) is 13.1 Å². The average molecular weight is 293 g/mol. The van der Waals surface area contributed by atoms with Gasteiger partial charge >= 0.3 is 0 Å². The first-order chi connectivity index (χ1) is 10.9. The molecular formula is C20H23NO. The van der Waals surface area contributed by atoms with E-state index >= 15 is 0 Å². The monoisotopic (exact) mass is 293 g/mol. The van der Waals surface area contributed by atoms with Crippen molar-refractivity contribution in [1.29, 1.82) is 0 Å². The summed E-state index contributed by atoms with van der Waals surface area (Å²) < 4.78 is 5.91. The van der Waals surface area contributed by atoms with E-state index in [2.05, 4.69) is 47.8 Å². The van der Waals surface area contributed by atoms with Crippen molar-refractivity contribution in [2.24, 2.45) is 5.92 Å². The Morgan fingerprint density at radius 3 is 2.27 bits per heavy atom. The zero-order valence-electron chi connectivity index (χ0n) is 12.9. The predicted molar refractivity (Wildman–Crippen MR) is 91.2 cm³/mol. The second kappa shape index (κ2) is 7.81. The number of hydrogen-bond donors (Lipinski definition) is 1. The zero-order chi connectivity index (χ0) is 15.0. The van der Waals surface area contributed by atoms with Crippen LogP contribution >= 0.6 is 0 Å². The van der Waals surface area contributed by atoms with Gasteiger partial charge in [-0.1, -0.05) is 60.7 Å². The van der Waals surface area contributed by atoms with Crippen molar-refractivity contribution in [3.05, 3.63) is 78.1 Å². The summed E-state index contributed by atoms with van der Waals surface area (Å²) in [5.41, 5.74) is 3.82. The highest BCUT2D eigenvalue weighted by molar-refractivity contribution is 5.66. The Labute approximate surface area is 132 Å². The molecule has 1 N–H and O–H groups in total. The average Bonchev–Trinajstić information content (AvgIpc) is 2.61. The molecule has 0 unspecified atom stereocenters. The molecule has 1 aliphatic rings. The van der Waals surface area contributed by atoms with Crippen LogP contribution in [-0.2, 0) is 11.3 Å². The number of rotatable bonds is 5. The number of piperidine rings is 1. The number of allylic oxidation sites excluding steroid dienone is 1. The largest absolute Gasteiger partial charge is 0.496 e. The number of benzene rings is 2. The molecule has 0 bridgehead atoms. The third-order valence-corrected chi connectivity index (χ3v) is 4.19. The molecule has 0 amide bonds. The van der Waals surface area contributed by atoms with Gasteiger partial charge in [0.1, 0.15) is 6.61 Å². The Kier molecular flexibility index (Phi) is 5.27. The third-order valence-electron chi connectivity index (χ3n) is 4.19. The van der Waals surface area contributed by atoms with Crippen LogP contribution in [0.15, 0.2) is 66.9 Å². The Balaban J connectivity index is 1.74. The summed E-state index contributed by atoms with van der Waals surface area (Å²) in [6.45, 7) is 2.81. The molecule has 2 nitrogen and oxygen atoms in total. The van der Waals surface area contributed by atoms with Crippen LogP contribution in [0.3, 0.4) is 0 Å². The van der Waals surface area contributed by atoms with Gasteiger partial charge in [0.2, 0.25) is 0 Å². The lowest BCUT2D eigenvalue weighted by molar-refractivity contribution is 0.235. The molecule has 0 aromatic heterocycles. The molecule has 2 aromatic rings.